The van der Waals surface area contributed by atoms with Gasteiger partial charge in [0.05, 0.1) is 0 Å². The summed E-state index contributed by atoms with van der Waals surface area (Å²) in [6.07, 6.45) is 3.20. The van der Waals surface area contributed by atoms with E-state index in [9.17, 15) is 4.79 Å². The largest absolute Gasteiger partial charge is 0.381 e. The second kappa shape index (κ2) is 5.97. The van der Waals surface area contributed by atoms with Crippen LogP contribution in [-0.2, 0) is 4.74 Å². The average Bonchev–Trinajstić information content (AvgIpc) is 2.40. The van der Waals surface area contributed by atoms with Crippen molar-refractivity contribution in [2.45, 2.75) is 26.2 Å². The second-order valence-electron chi connectivity index (χ2n) is 4.92. The van der Waals surface area contributed by atoms with Crippen molar-refractivity contribution in [1.82, 2.24) is 0 Å². The van der Waals surface area contributed by atoms with Gasteiger partial charge in [0.2, 0.25) is 0 Å². The highest BCUT2D eigenvalue weighted by Crippen LogP contribution is 2.24. The molecule has 0 spiro atoms. The molecule has 1 fully saturated rings. The Labute approximate surface area is 103 Å². The van der Waals surface area contributed by atoms with E-state index in [4.69, 9.17) is 4.74 Å². The van der Waals surface area contributed by atoms with Gasteiger partial charge < -0.3 is 4.74 Å². The van der Waals surface area contributed by atoms with Gasteiger partial charge in [0.1, 0.15) is 0 Å². The Morgan fingerprint density at radius 1 is 1.29 bits per heavy atom. The lowest BCUT2D eigenvalue weighted by atomic mass is 9.86. The number of hydrogen-bond donors (Lipinski definition) is 0. The molecule has 2 nitrogen and oxygen atoms in total. The third-order valence-corrected chi connectivity index (χ3v) is 3.53. The van der Waals surface area contributed by atoms with Crippen molar-refractivity contribution in [3.63, 3.8) is 0 Å². The molecule has 1 saturated heterocycles. The van der Waals surface area contributed by atoms with Crippen LogP contribution in [0.4, 0.5) is 0 Å². The fraction of sp³-hybridized carbons (Fsp3) is 0.533. The first-order valence-electron chi connectivity index (χ1n) is 6.44. The zero-order valence-corrected chi connectivity index (χ0v) is 10.4. The minimum atomic E-state index is 0.125. The molecule has 0 saturated carbocycles. The van der Waals surface area contributed by atoms with Crippen molar-refractivity contribution in [2.24, 2.45) is 11.8 Å². The van der Waals surface area contributed by atoms with Crippen LogP contribution in [0.1, 0.15) is 36.5 Å². The first-order chi connectivity index (χ1) is 8.27. The predicted octanol–water partition coefficient (Wildman–Crippen LogP) is 3.32. The van der Waals surface area contributed by atoms with Crippen LogP contribution < -0.4 is 0 Å². The number of carbonyl (C=O) groups is 1. The first-order valence-corrected chi connectivity index (χ1v) is 6.44. The molecular weight excluding hydrogens is 212 g/mol. The summed E-state index contributed by atoms with van der Waals surface area (Å²) in [6, 6.07) is 9.61. The van der Waals surface area contributed by atoms with Gasteiger partial charge in [-0.2, -0.15) is 0 Å². The summed E-state index contributed by atoms with van der Waals surface area (Å²) < 4.78 is 5.34. The minimum Gasteiger partial charge on any atom is -0.381 e. The third-order valence-electron chi connectivity index (χ3n) is 3.53. The summed E-state index contributed by atoms with van der Waals surface area (Å²) in [5.41, 5.74) is 0.840. The summed E-state index contributed by atoms with van der Waals surface area (Å²) in [6.45, 7) is 3.76. The SMILES string of the molecule is CC(CC1CCOCC1)C(=O)c1ccccc1. The normalized spacial score (nSPS) is 18.9. The van der Waals surface area contributed by atoms with Gasteiger partial charge in [0.25, 0.3) is 0 Å². The first kappa shape index (κ1) is 12.3. The Hall–Kier alpha value is -1.15. The van der Waals surface area contributed by atoms with E-state index in [1.54, 1.807) is 0 Å². The van der Waals surface area contributed by atoms with Gasteiger partial charge in [-0.1, -0.05) is 37.3 Å². The molecule has 2 heteroatoms. The molecule has 17 heavy (non-hydrogen) atoms. The van der Waals surface area contributed by atoms with Crippen molar-refractivity contribution >= 4 is 5.78 Å². The summed E-state index contributed by atoms with van der Waals surface area (Å²) in [5.74, 6) is 1.06. The molecule has 0 aliphatic carbocycles. The molecule has 0 N–H and O–H groups in total. The van der Waals surface area contributed by atoms with E-state index < -0.39 is 0 Å². The molecule has 0 amide bonds. The molecule has 1 aromatic carbocycles. The van der Waals surface area contributed by atoms with Gasteiger partial charge in [0.15, 0.2) is 5.78 Å². The Kier molecular flexibility index (Phi) is 4.32. The standard InChI is InChI=1S/C15H20O2/c1-12(11-13-7-9-17-10-8-13)15(16)14-5-3-2-4-6-14/h2-6,12-13H,7-11H2,1H3. The van der Waals surface area contributed by atoms with Crippen LogP contribution >= 0.6 is 0 Å². The number of rotatable bonds is 4. The van der Waals surface area contributed by atoms with Crippen molar-refractivity contribution in [3.8, 4) is 0 Å². The van der Waals surface area contributed by atoms with Gasteiger partial charge in [-0.15, -0.1) is 0 Å². The van der Waals surface area contributed by atoms with Crippen molar-refractivity contribution < 1.29 is 9.53 Å². The number of hydrogen-bond acceptors (Lipinski definition) is 2. The lowest BCUT2D eigenvalue weighted by molar-refractivity contribution is 0.0569. The zero-order chi connectivity index (χ0) is 12.1. The molecule has 1 aliphatic rings. The number of ketones is 1. The van der Waals surface area contributed by atoms with Crippen LogP contribution in [0.5, 0.6) is 0 Å². The number of ether oxygens (including phenoxy) is 1. The summed E-state index contributed by atoms with van der Waals surface area (Å²) in [4.78, 5) is 12.2. The predicted molar refractivity (Wildman–Crippen MR) is 68.1 cm³/mol. The number of carbonyl (C=O) groups excluding carboxylic acids is 1. The smallest absolute Gasteiger partial charge is 0.165 e. The van der Waals surface area contributed by atoms with Crippen LogP contribution in [-0.4, -0.2) is 19.0 Å². The molecule has 1 aromatic rings. The molecule has 1 heterocycles. The molecule has 2 rings (SSSR count). The van der Waals surface area contributed by atoms with Crippen molar-refractivity contribution in [2.75, 3.05) is 13.2 Å². The fourth-order valence-corrected chi connectivity index (χ4v) is 2.48. The lowest BCUT2D eigenvalue weighted by Crippen LogP contribution is -2.21. The van der Waals surface area contributed by atoms with E-state index >= 15 is 0 Å². The topological polar surface area (TPSA) is 26.3 Å². The van der Waals surface area contributed by atoms with E-state index in [2.05, 4.69) is 0 Å². The second-order valence-corrected chi connectivity index (χ2v) is 4.92. The number of Topliss-reactive ketones (excluding diaryl/α,β-unsaturated/α-hetero) is 1. The quantitative estimate of drug-likeness (QED) is 0.744. The van der Waals surface area contributed by atoms with Crippen molar-refractivity contribution in [3.05, 3.63) is 35.9 Å². The van der Waals surface area contributed by atoms with Crippen LogP contribution in [0.25, 0.3) is 0 Å². The van der Waals surface area contributed by atoms with Gasteiger partial charge in [-0.3, -0.25) is 4.79 Å². The molecule has 0 radical (unpaired) electrons. The number of benzene rings is 1. The van der Waals surface area contributed by atoms with E-state index in [0.717, 1.165) is 38.0 Å². The fourth-order valence-electron chi connectivity index (χ4n) is 2.48. The lowest BCUT2D eigenvalue weighted by Gasteiger charge is -2.24. The van der Waals surface area contributed by atoms with Gasteiger partial charge in [-0.05, 0) is 25.2 Å². The third kappa shape index (κ3) is 3.40. The average molecular weight is 232 g/mol. The monoisotopic (exact) mass is 232 g/mol. The van der Waals surface area contributed by atoms with E-state index in [0.29, 0.717) is 5.92 Å². The van der Waals surface area contributed by atoms with E-state index in [1.165, 1.54) is 0 Å². The highest BCUT2D eigenvalue weighted by molar-refractivity contribution is 5.97. The van der Waals surface area contributed by atoms with Gasteiger partial charge >= 0.3 is 0 Å². The zero-order valence-electron chi connectivity index (χ0n) is 10.4. The van der Waals surface area contributed by atoms with Crippen LogP contribution in [0.3, 0.4) is 0 Å². The Bertz CT molecular complexity index is 352. The highest BCUT2D eigenvalue weighted by atomic mass is 16.5. The minimum absolute atomic E-state index is 0.125. The molecular formula is C15H20O2. The molecule has 0 aromatic heterocycles. The molecule has 92 valence electrons. The van der Waals surface area contributed by atoms with Crippen molar-refractivity contribution in [1.29, 1.82) is 0 Å². The van der Waals surface area contributed by atoms with Crippen LogP contribution in [0, 0.1) is 11.8 Å². The molecule has 1 atom stereocenters. The van der Waals surface area contributed by atoms with E-state index in [1.807, 2.05) is 37.3 Å². The molecule has 1 unspecified atom stereocenters. The summed E-state index contributed by atoms with van der Waals surface area (Å²) >= 11 is 0. The molecule has 0 bridgehead atoms. The maximum Gasteiger partial charge on any atom is 0.165 e. The maximum atomic E-state index is 12.2. The Morgan fingerprint density at radius 3 is 2.59 bits per heavy atom. The summed E-state index contributed by atoms with van der Waals surface area (Å²) in [5, 5.41) is 0. The highest BCUT2D eigenvalue weighted by Gasteiger charge is 2.21. The maximum absolute atomic E-state index is 12.2. The Balaban J connectivity index is 1.91. The van der Waals surface area contributed by atoms with Gasteiger partial charge in [-0.25, -0.2) is 0 Å². The Morgan fingerprint density at radius 2 is 1.94 bits per heavy atom. The van der Waals surface area contributed by atoms with Crippen LogP contribution in [0.15, 0.2) is 30.3 Å². The van der Waals surface area contributed by atoms with E-state index in [-0.39, 0.29) is 11.7 Å². The molecule has 1 aliphatic heterocycles. The summed E-state index contributed by atoms with van der Waals surface area (Å²) in [7, 11) is 0. The van der Waals surface area contributed by atoms with Crippen LogP contribution in [0.2, 0.25) is 0 Å². The van der Waals surface area contributed by atoms with Gasteiger partial charge in [0, 0.05) is 24.7 Å².